The highest BCUT2D eigenvalue weighted by Crippen LogP contribution is 2.33. The second kappa shape index (κ2) is 6.18. The Hall–Kier alpha value is -1.35. The first-order valence-electron chi connectivity index (χ1n) is 8.25. The molecule has 0 aromatic heterocycles. The topological polar surface area (TPSA) is 32.3 Å². The van der Waals surface area contributed by atoms with E-state index in [1.165, 1.54) is 36.8 Å². The molecule has 2 aliphatic rings. The van der Waals surface area contributed by atoms with Gasteiger partial charge in [0.15, 0.2) is 0 Å². The summed E-state index contributed by atoms with van der Waals surface area (Å²) in [5, 5.41) is 3.39. The zero-order valence-corrected chi connectivity index (χ0v) is 13.1. The normalized spacial score (nSPS) is 29.9. The minimum Gasteiger partial charge on any atom is -0.322 e. The standard InChI is InChI=1S/C18H26N2O/c1-13-7-3-5-9-15(13)12-20-17(21)11-19-18(20)16-10-6-4-8-14(16)2/h4,6,8,10,13,15,18-19H,3,5,7,9,11-12H2,1-2H3. The van der Waals surface area contributed by atoms with Crippen LogP contribution in [0, 0.1) is 18.8 Å². The van der Waals surface area contributed by atoms with Crippen LogP contribution in [0.3, 0.4) is 0 Å². The Labute approximate surface area is 127 Å². The van der Waals surface area contributed by atoms with Crippen LogP contribution >= 0.6 is 0 Å². The molecule has 114 valence electrons. The number of hydrogen-bond donors (Lipinski definition) is 1. The number of nitrogens with one attached hydrogen (secondary N) is 1. The lowest BCUT2D eigenvalue weighted by Gasteiger charge is -2.35. The number of aryl methyl sites for hydroxylation is 1. The third kappa shape index (κ3) is 2.98. The van der Waals surface area contributed by atoms with Gasteiger partial charge in [-0.3, -0.25) is 10.1 Å². The molecule has 0 spiro atoms. The monoisotopic (exact) mass is 286 g/mol. The highest BCUT2D eigenvalue weighted by Gasteiger charge is 2.35. The quantitative estimate of drug-likeness (QED) is 0.925. The van der Waals surface area contributed by atoms with E-state index in [9.17, 15) is 4.79 Å². The predicted octanol–water partition coefficient (Wildman–Crippen LogP) is 3.25. The fourth-order valence-corrected chi connectivity index (χ4v) is 3.84. The van der Waals surface area contributed by atoms with Gasteiger partial charge in [0.25, 0.3) is 0 Å². The first kappa shape index (κ1) is 14.6. The molecule has 3 rings (SSSR count). The lowest BCUT2D eigenvalue weighted by molar-refractivity contribution is -0.129. The van der Waals surface area contributed by atoms with Crippen LogP contribution in [0.25, 0.3) is 0 Å². The minimum atomic E-state index is 0.0628. The van der Waals surface area contributed by atoms with Crippen LogP contribution in [0.5, 0.6) is 0 Å². The first-order chi connectivity index (χ1) is 10.2. The zero-order valence-electron chi connectivity index (χ0n) is 13.1. The molecule has 0 bridgehead atoms. The van der Waals surface area contributed by atoms with Crippen molar-refractivity contribution in [2.45, 2.75) is 45.7 Å². The van der Waals surface area contributed by atoms with Gasteiger partial charge in [-0.1, -0.05) is 50.5 Å². The van der Waals surface area contributed by atoms with Gasteiger partial charge in [0.1, 0.15) is 6.17 Å². The van der Waals surface area contributed by atoms with Crippen molar-refractivity contribution in [2.75, 3.05) is 13.1 Å². The number of amides is 1. The third-order valence-corrected chi connectivity index (χ3v) is 5.28. The smallest absolute Gasteiger partial charge is 0.238 e. The molecule has 1 aromatic rings. The Balaban J connectivity index is 1.78. The van der Waals surface area contributed by atoms with Crippen molar-refractivity contribution in [3.63, 3.8) is 0 Å². The van der Waals surface area contributed by atoms with E-state index in [1.54, 1.807) is 0 Å². The number of nitrogens with zero attached hydrogens (tertiary/aromatic N) is 1. The molecule has 1 N–H and O–H groups in total. The molecule has 1 amide bonds. The van der Waals surface area contributed by atoms with Crippen molar-refractivity contribution >= 4 is 5.91 Å². The summed E-state index contributed by atoms with van der Waals surface area (Å²) in [4.78, 5) is 14.4. The minimum absolute atomic E-state index is 0.0628. The van der Waals surface area contributed by atoms with Crippen molar-refractivity contribution in [1.82, 2.24) is 10.2 Å². The van der Waals surface area contributed by atoms with Gasteiger partial charge in [0.05, 0.1) is 6.54 Å². The maximum atomic E-state index is 12.3. The fourth-order valence-electron chi connectivity index (χ4n) is 3.84. The van der Waals surface area contributed by atoms with Gasteiger partial charge in [-0.05, 0) is 36.3 Å². The number of benzene rings is 1. The fraction of sp³-hybridized carbons (Fsp3) is 0.611. The van der Waals surface area contributed by atoms with Gasteiger partial charge in [-0.15, -0.1) is 0 Å². The molecule has 3 unspecified atom stereocenters. The van der Waals surface area contributed by atoms with Crippen molar-refractivity contribution < 1.29 is 4.79 Å². The Bertz CT molecular complexity index is 514. The summed E-state index contributed by atoms with van der Waals surface area (Å²) in [7, 11) is 0. The van der Waals surface area contributed by atoms with E-state index >= 15 is 0 Å². The van der Waals surface area contributed by atoms with Crippen LogP contribution in [0.15, 0.2) is 24.3 Å². The van der Waals surface area contributed by atoms with E-state index in [4.69, 9.17) is 0 Å². The summed E-state index contributed by atoms with van der Waals surface area (Å²) in [6.07, 6.45) is 5.32. The van der Waals surface area contributed by atoms with E-state index in [0.29, 0.717) is 12.5 Å². The number of hydrogen-bond acceptors (Lipinski definition) is 2. The van der Waals surface area contributed by atoms with E-state index in [2.05, 4.69) is 48.3 Å². The Morgan fingerprint density at radius 1 is 1.24 bits per heavy atom. The maximum Gasteiger partial charge on any atom is 0.238 e. The second-order valence-electron chi connectivity index (χ2n) is 6.71. The third-order valence-electron chi connectivity index (χ3n) is 5.28. The molecule has 3 nitrogen and oxygen atoms in total. The van der Waals surface area contributed by atoms with Crippen LogP contribution in [0.1, 0.15) is 49.9 Å². The number of rotatable bonds is 3. The predicted molar refractivity (Wildman–Crippen MR) is 84.8 cm³/mol. The molecule has 1 aromatic carbocycles. The van der Waals surface area contributed by atoms with Gasteiger partial charge >= 0.3 is 0 Å². The maximum absolute atomic E-state index is 12.3. The molecule has 21 heavy (non-hydrogen) atoms. The second-order valence-corrected chi connectivity index (χ2v) is 6.71. The number of carbonyl (C=O) groups is 1. The summed E-state index contributed by atoms with van der Waals surface area (Å²) >= 11 is 0. The first-order valence-corrected chi connectivity index (χ1v) is 8.25. The molecule has 2 fully saturated rings. The van der Waals surface area contributed by atoms with Crippen LogP contribution in [0.4, 0.5) is 0 Å². The summed E-state index contributed by atoms with van der Waals surface area (Å²) in [5.41, 5.74) is 2.50. The van der Waals surface area contributed by atoms with Crippen LogP contribution in [-0.2, 0) is 4.79 Å². The van der Waals surface area contributed by atoms with Crippen molar-refractivity contribution in [1.29, 1.82) is 0 Å². The average molecular weight is 286 g/mol. The van der Waals surface area contributed by atoms with Crippen LogP contribution in [0.2, 0.25) is 0 Å². The Kier molecular flexibility index (Phi) is 4.29. The van der Waals surface area contributed by atoms with Gasteiger partial charge in [0.2, 0.25) is 5.91 Å². The van der Waals surface area contributed by atoms with Gasteiger partial charge < -0.3 is 4.90 Å². The summed E-state index contributed by atoms with van der Waals surface area (Å²) in [5.74, 6) is 1.65. The molecular weight excluding hydrogens is 260 g/mol. The molecule has 3 heteroatoms. The zero-order chi connectivity index (χ0) is 14.8. The van der Waals surface area contributed by atoms with Gasteiger partial charge in [-0.25, -0.2) is 0 Å². The van der Waals surface area contributed by atoms with E-state index in [1.807, 2.05) is 0 Å². The molecule has 1 aliphatic carbocycles. The van der Waals surface area contributed by atoms with E-state index < -0.39 is 0 Å². The van der Waals surface area contributed by atoms with Crippen LogP contribution < -0.4 is 5.32 Å². The molecule has 3 atom stereocenters. The Morgan fingerprint density at radius 2 is 2.00 bits per heavy atom. The van der Waals surface area contributed by atoms with Gasteiger partial charge in [0, 0.05) is 6.54 Å². The molecule has 0 radical (unpaired) electrons. The molecule has 1 saturated heterocycles. The molecule has 1 aliphatic heterocycles. The summed E-state index contributed by atoms with van der Waals surface area (Å²) in [6, 6.07) is 8.39. The lowest BCUT2D eigenvalue weighted by atomic mass is 9.80. The molecule has 1 heterocycles. The van der Waals surface area contributed by atoms with E-state index in [-0.39, 0.29) is 12.1 Å². The van der Waals surface area contributed by atoms with Gasteiger partial charge in [-0.2, -0.15) is 0 Å². The molecule has 1 saturated carbocycles. The molecular formula is C18H26N2O. The van der Waals surface area contributed by atoms with Crippen molar-refractivity contribution in [3.05, 3.63) is 35.4 Å². The lowest BCUT2D eigenvalue weighted by Crippen LogP contribution is -2.37. The van der Waals surface area contributed by atoms with Crippen molar-refractivity contribution in [2.24, 2.45) is 11.8 Å². The Morgan fingerprint density at radius 3 is 2.76 bits per heavy atom. The van der Waals surface area contributed by atoms with Crippen LogP contribution in [-0.4, -0.2) is 23.9 Å². The summed E-state index contributed by atoms with van der Waals surface area (Å²) < 4.78 is 0. The highest BCUT2D eigenvalue weighted by atomic mass is 16.2. The largest absolute Gasteiger partial charge is 0.322 e. The van der Waals surface area contributed by atoms with Crippen molar-refractivity contribution in [3.8, 4) is 0 Å². The average Bonchev–Trinajstić information content (AvgIpc) is 2.83. The van der Waals surface area contributed by atoms with E-state index in [0.717, 1.165) is 12.5 Å². The SMILES string of the molecule is Cc1ccccc1C1NCC(=O)N1CC1CCCCC1C. The number of carbonyl (C=O) groups excluding carboxylic acids is 1. The summed E-state index contributed by atoms with van der Waals surface area (Å²) in [6.45, 7) is 5.86. The highest BCUT2D eigenvalue weighted by molar-refractivity contribution is 5.81.